The Balaban J connectivity index is 2.02. The highest BCUT2D eigenvalue weighted by atomic mass is 32.2. The van der Waals surface area contributed by atoms with Gasteiger partial charge in [0.25, 0.3) is 0 Å². The van der Waals surface area contributed by atoms with Crippen molar-refractivity contribution in [3.8, 4) is 5.75 Å². The third-order valence-electron chi connectivity index (χ3n) is 3.20. The molecule has 0 aliphatic heterocycles. The number of nitrogens with one attached hydrogen (secondary N) is 1. The van der Waals surface area contributed by atoms with Crippen LogP contribution in [0.15, 0.2) is 53.4 Å². The highest BCUT2D eigenvalue weighted by Gasteiger charge is 2.18. The lowest BCUT2D eigenvalue weighted by Gasteiger charge is -2.15. The minimum absolute atomic E-state index is 0.165. The molecular formula is C17H18FNO5S. The maximum Gasteiger partial charge on any atom is 0.352 e. The van der Waals surface area contributed by atoms with Crippen LogP contribution in [0.1, 0.15) is 19.4 Å². The van der Waals surface area contributed by atoms with Crippen molar-refractivity contribution in [3.05, 3.63) is 59.9 Å². The quantitative estimate of drug-likeness (QED) is 0.601. The van der Waals surface area contributed by atoms with Gasteiger partial charge in [0.1, 0.15) is 0 Å². The number of benzene rings is 2. The van der Waals surface area contributed by atoms with Gasteiger partial charge in [-0.2, -0.15) is 0 Å². The maximum atomic E-state index is 13.9. The predicted molar refractivity (Wildman–Crippen MR) is 88.7 cm³/mol. The summed E-state index contributed by atoms with van der Waals surface area (Å²) in [5.74, 6) is -1.64. The summed E-state index contributed by atoms with van der Waals surface area (Å²) in [6.45, 7) is 2.81. The molecule has 0 heterocycles. The van der Waals surface area contributed by atoms with Gasteiger partial charge in [0, 0.05) is 13.0 Å². The zero-order valence-corrected chi connectivity index (χ0v) is 14.5. The molecule has 0 spiro atoms. The van der Waals surface area contributed by atoms with Gasteiger partial charge >= 0.3 is 5.97 Å². The molecule has 1 unspecified atom stereocenters. The van der Waals surface area contributed by atoms with Crippen molar-refractivity contribution in [2.45, 2.75) is 31.2 Å². The van der Waals surface area contributed by atoms with Gasteiger partial charge in [0.15, 0.2) is 5.82 Å². The topological polar surface area (TPSA) is 81.7 Å². The zero-order chi connectivity index (χ0) is 18.4. The summed E-state index contributed by atoms with van der Waals surface area (Å²) in [4.78, 5) is 19.7. The van der Waals surface area contributed by atoms with Crippen LogP contribution in [0, 0.1) is 5.82 Å². The number of rotatable bonds is 7. The van der Waals surface area contributed by atoms with E-state index in [-0.39, 0.29) is 17.1 Å². The molecule has 25 heavy (non-hydrogen) atoms. The highest BCUT2D eigenvalue weighted by Crippen LogP contribution is 2.20. The van der Waals surface area contributed by atoms with Crippen LogP contribution in [-0.2, 0) is 26.1 Å². The number of sulfonamides is 1. The lowest BCUT2D eigenvalue weighted by Crippen LogP contribution is -2.34. The van der Waals surface area contributed by atoms with Gasteiger partial charge in [0.05, 0.1) is 4.90 Å². The van der Waals surface area contributed by atoms with Crippen LogP contribution in [0.3, 0.4) is 0 Å². The van der Waals surface area contributed by atoms with Gasteiger partial charge < -0.3 is 0 Å². The van der Waals surface area contributed by atoms with E-state index < -0.39 is 27.9 Å². The number of halogens is 1. The molecule has 1 N–H and O–H groups in total. The molecule has 6 nitrogen and oxygen atoms in total. The summed E-state index contributed by atoms with van der Waals surface area (Å²) in [5, 5.41) is 0. The predicted octanol–water partition coefficient (Wildman–Crippen LogP) is 2.59. The normalized spacial score (nSPS) is 12.4. The smallest absolute Gasteiger partial charge is 0.284 e. The third kappa shape index (κ3) is 5.54. The van der Waals surface area contributed by atoms with Gasteiger partial charge in [-0.3, -0.25) is 9.78 Å². The fraction of sp³-hybridized carbons (Fsp3) is 0.235. The van der Waals surface area contributed by atoms with Crippen molar-refractivity contribution in [2.75, 3.05) is 0 Å². The van der Waals surface area contributed by atoms with Crippen LogP contribution < -0.4 is 9.61 Å². The van der Waals surface area contributed by atoms with Gasteiger partial charge in [-0.05, 0) is 43.2 Å². The summed E-state index contributed by atoms with van der Waals surface area (Å²) < 4.78 is 40.9. The van der Waals surface area contributed by atoms with E-state index in [9.17, 15) is 17.6 Å². The van der Waals surface area contributed by atoms with E-state index in [0.29, 0.717) is 5.56 Å². The second kappa shape index (κ2) is 8.09. The molecule has 8 heteroatoms. The molecular weight excluding hydrogens is 349 g/mol. The molecule has 0 saturated heterocycles. The summed E-state index contributed by atoms with van der Waals surface area (Å²) in [6.07, 6.45) is 0.275. The summed E-state index contributed by atoms with van der Waals surface area (Å²) in [6, 6.07) is 11.6. The van der Waals surface area contributed by atoms with E-state index in [1.54, 1.807) is 31.2 Å². The van der Waals surface area contributed by atoms with Crippen molar-refractivity contribution in [2.24, 2.45) is 0 Å². The summed E-state index contributed by atoms with van der Waals surface area (Å²) in [5.41, 5.74) is 0.566. The average Bonchev–Trinajstić information content (AvgIpc) is 2.54. The molecule has 0 amide bonds. The molecule has 2 rings (SSSR count). The Bertz CT molecular complexity index is 839. The lowest BCUT2D eigenvalue weighted by atomic mass is 10.1. The average molecular weight is 367 g/mol. The summed E-state index contributed by atoms with van der Waals surface area (Å²) >= 11 is 0. The van der Waals surface area contributed by atoms with Crippen LogP contribution in [0.2, 0.25) is 0 Å². The second-order valence-electron chi connectivity index (χ2n) is 5.46. The molecule has 0 aliphatic rings. The Morgan fingerprint density at radius 3 is 2.48 bits per heavy atom. The second-order valence-corrected chi connectivity index (χ2v) is 7.18. The van der Waals surface area contributed by atoms with Gasteiger partial charge in [0.2, 0.25) is 15.8 Å². The molecule has 2 aromatic carbocycles. The van der Waals surface area contributed by atoms with Crippen molar-refractivity contribution in [1.29, 1.82) is 0 Å². The Labute approximate surface area is 145 Å². The first kappa shape index (κ1) is 18.9. The highest BCUT2D eigenvalue weighted by molar-refractivity contribution is 7.89. The third-order valence-corrected chi connectivity index (χ3v) is 4.80. The molecule has 0 aromatic heterocycles. The standard InChI is InChI=1S/C17H18FNO5S/c1-12(19-25(21,22)15-6-4-3-5-7-15)10-14-8-9-17(16(18)11-14)24-23-13(2)20/h3-9,11-12,19H,10H2,1-2H3. The van der Waals surface area contributed by atoms with Crippen LogP contribution in [0.25, 0.3) is 0 Å². The van der Waals surface area contributed by atoms with E-state index >= 15 is 0 Å². The first-order chi connectivity index (χ1) is 11.8. The van der Waals surface area contributed by atoms with E-state index in [0.717, 1.165) is 6.92 Å². The number of carbonyl (C=O) groups excluding carboxylic acids is 1. The SMILES string of the molecule is CC(=O)OOc1ccc(CC(C)NS(=O)(=O)c2ccccc2)cc1F. The zero-order valence-electron chi connectivity index (χ0n) is 13.7. The van der Waals surface area contributed by atoms with Crippen LogP contribution in [-0.4, -0.2) is 20.4 Å². The first-order valence-electron chi connectivity index (χ1n) is 7.49. The van der Waals surface area contributed by atoms with Crippen molar-refractivity contribution < 1.29 is 27.4 Å². The minimum atomic E-state index is -3.64. The molecule has 0 aliphatic carbocycles. The van der Waals surface area contributed by atoms with E-state index in [4.69, 9.17) is 0 Å². The largest absolute Gasteiger partial charge is 0.352 e. The number of hydrogen-bond donors (Lipinski definition) is 1. The monoisotopic (exact) mass is 367 g/mol. The van der Waals surface area contributed by atoms with Crippen LogP contribution in [0.4, 0.5) is 4.39 Å². The van der Waals surface area contributed by atoms with Gasteiger partial charge in [-0.25, -0.2) is 22.3 Å². The molecule has 0 bridgehead atoms. The molecule has 134 valence electrons. The van der Waals surface area contributed by atoms with E-state index in [1.807, 2.05) is 0 Å². The van der Waals surface area contributed by atoms with E-state index in [2.05, 4.69) is 14.5 Å². The van der Waals surface area contributed by atoms with Crippen molar-refractivity contribution in [3.63, 3.8) is 0 Å². The van der Waals surface area contributed by atoms with Crippen molar-refractivity contribution in [1.82, 2.24) is 4.72 Å². The Morgan fingerprint density at radius 2 is 1.88 bits per heavy atom. The first-order valence-corrected chi connectivity index (χ1v) is 8.97. The minimum Gasteiger partial charge on any atom is -0.284 e. The fourth-order valence-electron chi connectivity index (χ4n) is 2.17. The lowest BCUT2D eigenvalue weighted by molar-refractivity contribution is -0.211. The van der Waals surface area contributed by atoms with E-state index in [1.165, 1.54) is 24.3 Å². The molecule has 0 fully saturated rings. The van der Waals surface area contributed by atoms with Gasteiger partial charge in [-0.1, -0.05) is 24.3 Å². The fourth-order valence-corrected chi connectivity index (χ4v) is 3.43. The number of carbonyl (C=O) groups is 1. The number of hydrogen-bond acceptors (Lipinski definition) is 5. The molecule has 0 saturated carbocycles. The van der Waals surface area contributed by atoms with Crippen LogP contribution in [0.5, 0.6) is 5.75 Å². The molecule has 0 radical (unpaired) electrons. The Kier molecular flexibility index (Phi) is 6.11. The molecule has 1 atom stereocenters. The summed E-state index contributed by atoms with van der Waals surface area (Å²) in [7, 11) is -3.64. The van der Waals surface area contributed by atoms with Gasteiger partial charge in [-0.15, -0.1) is 0 Å². The van der Waals surface area contributed by atoms with Crippen LogP contribution >= 0.6 is 0 Å². The maximum absolute atomic E-state index is 13.9. The Morgan fingerprint density at radius 1 is 1.20 bits per heavy atom. The Hall–Kier alpha value is -2.45. The van der Waals surface area contributed by atoms with Crippen molar-refractivity contribution >= 4 is 16.0 Å². The molecule has 2 aromatic rings.